The van der Waals surface area contributed by atoms with Gasteiger partial charge in [0.05, 0.1) is 5.71 Å². The Bertz CT molecular complexity index is 434. The zero-order valence-corrected chi connectivity index (χ0v) is 13.7. The van der Waals surface area contributed by atoms with E-state index >= 15 is 0 Å². The number of ether oxygens (including phenoxy) is 1. The van der Waals surface area contributed by atoms with E-state index in [4.69, 9.17) is 16.0 Å². The smallest absolute Gasteiger partial charge is 0.215 e. The Labute approximate surface area is 131 Å². The fourth-order valence-electron chi connectivity index (χ4n) is 1.52. The van der Waals surface area contributed by atoms with Crippen LogP contribution < -0.4 is 11.2 Å². The first-order chi connectivity index (χ1) is 10.4. The Hall–Kier alpha value is -1.74. The first-order valence-electron chi connectivity index (χ1n) is 6.92. The summed E-state index contributed by atoms with van der Waals surface area (Å²) >= 11 is 0. The highest BCUT2D eigenvalue weighted by atomic mass is 16.6. The summed E-state index contributed by atoms with van der Waals surface area (Å²) in [4.78, 5) is 10.1. The topological polar surface area (TPSA) is 116 Å². The van der Waals surface area contributed by atoms with Crippen LogP contribution in [0.1, 0.15) is 20.8 Å². The highest BCUT2D eigenvalue weighted by Gasteiger charge is 2.10. The van der Waals surface area contributed by atoms with Crippen LogP contribution in [0.2, 0.25) is 0 Å². The minimum absolute atomic E-state index is 0.223. The van der Waals surface area contributed by atoms with Crippen molar-refractivity contribution >= 4 is 12.4 Å². The molecule has 0 saturated carbocycles. The molecule has 0 fully saturated rings. The SMILES string of the molecule is C=N/C(NCCN(C)C(O)OCC)=C(/C)C(=N)/C=C(\C)ON. The van der Waals surface area contributed by atoms with Gasteiger partial charge in [-0.3, -0.25) is 4.90 Å². The van der Waals surface area contributed by atoms with Gasteiger partial charge in [0, 0.05) is 31.3 Å². The fraction of sp³-hybridized carbons (Fsp3) is 0.571. The van der Waals surface area contributed by atoms with Gasteiger partial charge in [-0.25, -0.2) is 4.99 Å². The van der Waals surface area contributed by atoms with E-state index in [1.165, 1.54) is 6.08 Å². The molecule has 0 amide bonds. The number of likely N-dealkylation sites (N-methyl/N-ethyl adjacent to an activating group) is 1. The second-order valence-corrected chi connectivity index (χ2v) is 4.61. The minimum atomic E-state index is -0.942. The molecule has 0 saturated heterocycles. The van der Waals surface area contributed by atoms with Crippen molar-refractivity contribution in [3.63, 3.8) is 0 Å². The molecule has 0 aliphatic heterocycles. The van der Waals surface area contributed by atoms with E-state index in [2.05, 4.69) is 21.9 Å². The van der Waals surface area contributed by atoms with Gasteiger partial charge >= 0.3 is 0 Å². The van der Waals surface area contributed by atoms with Crippen molar-refractivity contribution in [3.05, 3.63) is 23.2 Å². The van der Waals surface area contributed by atoms with Crippen LogP contribution in [0.5, 0.6) is 0 Å². The maximum atomic E-state index is 9.62. The zero-order valence-electron chi connectivity index (χ0n) is 13.7. The molecule has 0 aliphatic carbocycles. The molecule has 126 valence electrons. The third-order valence-corrected chi connectivity index (χ3v) is 2.90. The first kappa shape index (κ1) is 20.3. The maximum Gasteiger partial charge on any atom is 0.215 e. The molecule has 0 spiro atoms. The van der Waals surface area contributed by atoms with E-state index in [0.717, 1.165) is 0 Å². The number of hydrogen-bond donors (Lipinski definition) is 4. The predicted molar refractivity (Wildman–Crippen MR) is 87.3 cm³/mol. The zero-order chi connectivity index (χ0) is 17.1. The maximum absolute atomic E-state index is 9.62. The van der Waals surface area contributed by atoms with Crippen LogP contribution in [0.15, 0.2) is 28.2 Å². The van der Waals surface area contributed by atoms with Crippen LogP contribution in [-0.4, -0.2) is 55.6 Å². The van der Waals surface area contributed by atoms with Gasteiger partial charge in [0.15, 0.2) is 0 Å². The van der Waals surface area contributed by atoms with E-state index in [-0.39, 0.29) is 5.71 Å². The summed E-state index contributed by atoms with van der Waals surface area (Å²) in [6, 6.07) is 0. The molecule has 1 atom stereocenters. The van der Waals surface area contributed by atoms with Gasteiger partial charge in [0.1, 0.15) is 11.6 Å². The van der Waals surface area contributed by atoms with Crippen molar-refractivity contribution in [2.45, 2.75) is 27.2 Å². The number of nitrogens with zero attached hydrogens (tertiary/aromatic N) is 2. The summed E-state index contributed by atoms with van der Waals surface area (Å²) in [5.74, 6) is 5.94. The van der Waals surface area contributed by atoms with Crippen molar-refractivity contribution in [1.82, 2.24) is 10.2 Å². The highest BCUT2D eigenvalue weighted by Crippen LogP contribution is 2.07. The highest BCUT2D eigenvalue weighted by molar-refractivity contribution is 6.06. The normalized spacial score (nSPS) is 14.4. The van der Waals surface area contributed by atoms with Gasteiger partial charge in [0.2, 0.25) is 6.41 Å². The van der Waals surface area contributed by atoms with E-state index in [1.807, 2.05) is 6.92 Å². The van der Waals surface area contributed by atoms with Crippen molar-refractivity contribution in [3.8, 4) is 0 Å². The minimum Gasteiger partial charge on any atom is -0.416 e. The van der Waals surface area contributed by atoms with E-state index < -0.39 is 6.41 Å². The molecule has 8 nitrogen and oxygen atoms in total. The lowest BCUT2D eigenvalue weighted by atomic mass is 10.1. The number of allylic oxidation sites excluding steroid dienone is 3. The molecular formula is C14H27N5O3. The molecule has 8 heteroatoms. The molecule has 0 radical (unpaired) electrons. The number of nitrogens with one attached hydrogen (secondary N) is 2. The molecule has 0 aliphatic rings. The number of aliphatic hydroxyl groups excluding tert-OH is 1. The Morgan fingerprint density at radius 1 is 1.55 bits per heavy atom. The third-order valence-electron chi connectivity index (χ3n) is 2.90. The third kappa shape index (κ3) is 7.32. The average molecular weight is 313 g/mol. The summed E-state index contributed by atoms with van der Waals surface area (Å²) in [7, 11) is 1.74. The first-order valence-corrected chi connectivity index (χ1v) is 6.92. The molecule has 5 N–H and O–H groups in total. The van der Waals surface area contributed by atoms with Crippen LogP contribution in [0.3, 0.4) is 0 Å². The van der Waals surface area contributed by atoms with Crippen LogP contribution in [-0.2, 0) is 9.57 Å². The molecule has 0 heterocycles. The molecule has 0 aromatic carbocycles. The van der Waals surface area contributed by atoms with Crippen molar-refractivity contribution in [2.75, 3.05) is 26.7 Å². The predicted octanol–water partition coefficient (Wildman–Crippen LogP) is 0.566. The molecule has 0 aromatic rings. The largest absolute Gasteiger partial charge is 0.416 e. The van der Waals surface area contributed by atoms with Crippen LogP contribution in [0, 0.1) is 5.41 Å². The quantitative estimate of drug-likeness (QED) is 0.192. The molecule has 0 bridgehead atoms. The molecule has 22 heavy (non-hydrogen) atoms. The number of nitrogens with two attached hydrogens (primary N) is 1. The summed E-state index contributed by atoms with van der Waals surface area (Å²) < 4.78 is 5.07. The monoisotopic (exact) mass is 313 g/mol. The molecule has 0 rings (SSSR count). The van der Waals surface area contributed by atoms with E-state index in [9.17, 15) is 5.11 Å². The van der Waals surface area contributed by atoms with Crippen molar-refractivity contribution in [1.29, 1.82) is 5.41 Å². The van der Waals surface area contributed by atoms with Crippen LogP contribution >= 0.6 is 0 Å². The second-order valence-electron chi connectivity index (χ2n) is 4.61. The number of rotatable bonds is 11. The lowest BCUT2D eigenvalue weighted by molar-refractivity contribution is -0.181. The van der Waals surface area contributed by atoms with Crippen molar-refractivity contribution < 1.29 is 14.7 Å². The van der Waals surface area contributed by atoms with Gasteiger partial charge in [0.25, 0.3) is 0 Å². The number of hydrogen-bond acceptors (Lipinski definition) is 8. The van der Waals surface area contributed by atoms with Gasteiger partial charge < -0.3 is 25.4 Å². The fourth-order valence-corrected chi connectivity index (χ4v) is 1.52. The lowest BCUT2D eigenvalue weighted by Gasteiger charge is -2.23. The van der Waals surface area contributed by atoms with E-state index in [1.54, 1.807) is 25.8 Å². The summed E-state index contributed by atoms with van der Waals surface area (Å²) in [5.41, 5.74) is 0.833. The van der Waals surface area contributed by atoms with Crippen molar-refractivity contribution in [2.24, 2.45) is 10.9 Å². The lowest BCUT2D eigenvalue weighted by Crippen LogP contribution is -2.38. The Kier molecular flexibility index (Phi) is 10.0. The standard InChI is InChI=1S/C14H27N5O3/c1-6-21-14(20)19(5)8-7-18-13(17-4)11(3)12(15)9-10(2)22-16/h9,14-15,18,20H,4,6-8,16H2,1-3,5H3/b10-9+,13-11+,15-12?. The molecule has 1 unspecified atom stereocenters. The average Bonchev–Trinajstić information content (AvgIpc) is 2.50. The van der Waals surface area contributed by atoms with Gasteiger partial charge in [-0.1, -0.05) is 0 Å². The number of aliphatic imine (C=N–C) groups is 1. The van der Waals surface area contributed by atoms with Crippen LogP contribution in [0.4, 0.5) is 0 Å². The molecule has 0 aromatic heterocycles. The van der Waals surface area contributed by atoms with Gasteiger partial charge in [-0.2, -0.15) is 5.90 Å². The van der Waals surface area contributed by atoms with Gasteiger partial charge in [-0.15, -0.1) is 0 Å². The van der Waals surface area contributed by atoms with E-state index in [0.29, 0.717) is 36.8 Å². The Morgan fingerprint density at radius 3 is 2.68 bits per heavy atom. The Morgan fingerprint density at radius 2 is 2.18 bits per heavy atom. The summed E-state index contributed by atoms with van der Waals surface area (Å²) in [6.07, 6.45) is 0.551. The second kappa shape index (κ2) is 10.9. The summed E-state index contributed by atoms with van der Waals surface area (Å²) in [5, 5.41) is 20.6. The molecular weight excluding hydrogens is 286 g/mol. The van der Waals surface area contributed by atoms with Gasteiger partial charge in [-0.05, 0) is 34.5 Å². The van der Waals surface area contributed by atoms with Crippen LogP contribution in [0.25, 0.3) is 0 Å². The number of aliphatic hydroxyl groups is 1. The summed E-state index contributed by atoms with van der Waals surface area (Å²) in [6.45, 7) is 10.2. The Balaban J connectivity index is 4.62.